The largest absolute Gasteiger partial charge is 0.489 e. The number of guanidine groups is 1. The Bertz CT molecular complexity index is 778. The summed E-state index contributed by atoms with van der Waals surface area (Å²) in [5.41, 5.74) is 1.13. The molecule has 1 saturated heterocycles. The second-order valence-electron chi connectivity index (χ2n) is 7.35. The minimum absolute atomic E-state index is 0.00719. The summed E-state index contributed by atoms with van der Waals surface area (Å²) in [7, 11) is 1.80. The van der Waals surface area contributed by atoms with Gasteiger partial charge in [0.25, 0.3) is 0 Å². The van der Waals surface area contributed by atoms with Crippen LogP contribution in [0.15, 0.2) is 53.7 Å². The summed E-state index contributed by atoms with van der Waals surface area (Å²) in [6.07, 6.45) is 4.02. The summed E-state index contributed by atoms with van der Waals surface area (Å²) in [6, 6.07) is 14.0. The molecule has 1 atom stereocenters. The molecule has 0 bridgehead atoms. The van der Waals surface area contributed by atoms with Gasteiger partial charge in [-0.3, -0.25) is 14.9 Å². The predicted octanol–water partition coefficient (Wildman–Crippen LogP) is 3.33. The lowest BCUT2D eigenvalue weighted by molar-refractivity contribution is 0.195. The Balaban J connectivity index is 1.38. The molecule has 1 aromatic heterocycles. The number of likely N-dealkylation sites (tertiary alicyclic amines) is 1. The number of piperidine rings is 1. The molecule has 7 heteroatoms. The molecule has 0 aliphatic carbocycles. The van der Waals surface area contributed by atoms with Crippen LogP contribution in [0.2, 0.25) is 5.02 Å². The van der Waals surface area contributed by atoms with Gasteiger partial charge in [0, 0.05) is 43.9 Å². The number of hydrogen-bond acceptors (Lipinski definition) is 4. The van der Waals surface area contributed by atoms with E-state index < -0.39 is 0 Å². The van der Waals surface area contributed by atoms with Crippen molar-refractivity contribution in [1.82, 2.24) is 20.5 Å². The minimum atomic E-state index is -0.00719. The molecule has 1 unspecified atom stereocenters. The van der Waals surface area contributed by atoms with Crippen molar-refractivity contribution in [1.29, 1.82) is 0 Å². The summed E-state index contributed by atoms with van der Waals surface area (Å²) in [4.78, 5) is 11.2. The van der Waals surface area contributed by atoms with Gasteiger partial charge < -0.3 is 15.4 Å². The second kappa shape index (κ2) is 11.0. The standard InChI is InChI=1S/C22H30ClN5O/c1-17(29-21-8-5-6-18(23)14-21)15-26-22(24-2)27-19-9-12-28(13-10-19)16-20-7-3-4-11-25-20/h3-8,11,14,17,19H,9-10,12-13,15-16H2,1-2H3,(H2,24,26,27). The Morgan fingerprint density at radius 1 is 1.28 bits per heavy atom. The lowest BCUT2D eigenvalue weighted by atomic mass is 10.0. The Morgan fingerprint density at radius 3 is 2.79 bits per heavy atom. The number of rotatable bonds is 7. The summed E-state index contributed by atoms with van der Waals surface area (Å²) in [5.74, 6) is 1.59. The number of benzene rings is 1. The van der Waals surface area contributed by atoms with Gasteiger partial charge in [-0.15, -0.1) is 0 Å². The number of hydrogen-bond donors (Lipinski definition) is 2. The zero-order valence-corrected chi connectivity index (χ0v) is 17.9. The van der Waals surface area contributed by atoms with E-state index in [1.165, 1.54) is 0 Å². The Labute approximate surface area is 178 Å². The van der Waals surface area contributed by atoms with Crippen molar-refractivity contribution < 1.29 is 4.74 Å². The lowest BCUT2D eigenvalue weighted by Gasteiger charge is -2.33. The molecule has 6 nitrogen and oxygen atoms in total. The van der Waals surface area contributed by atoms with E-state index in [2.05, 4.69) is 31.6 Å². The quantitative estimate of drug-likeness (QED) is 0.536. The normalized spacial score (nSPS) is 17.0. The van der Waals surface area contributed by atoms with Crippen molar-refractivity contribution in [2.75, 3.05) is 26.7 Å². The predicted molar refractivity (Wildman–Crippen MR) is 119 cm³/mol. The lowest BCUT2D eigenvalue weighted by Crippen LogP contribution is -2.49. The highest BCUT2D eigenvalue weighted by atomic mass is 35.5. The summed E-state index contributed by atoms with van der Waals surface area (Å²) < 4.78 is 5.91. The van der Waals surface area contributed by atoms with Crippen LogP contribution in [0.5, 0.6) is 5.75 Å². The second-order valence-corrected chi connectivity index (χ2v) is 7.79. The highest BCUT2D eigenvalue weighted by molar-refractivity contribution is 6.30. The first-order valence-corrected chi connectivity index (χ1v) is 10.5. The van der Waals surface area contributed by atoms with E-state index >= 15 is 0 Å². The van der Waals surface area contributed by atoms with E-state index in [1.54, 1.807) is 7.05 Å². The van der Waals surface area contributed by atoms with Crippen LogP contribution in [-0.2, 0) is 6.54 Å². The zero-order valence-electron chi connectivity index (χ0n) is 17.1. The molecule has 0 radical (unpaired) electrons. The first-order valence-electron chi connectivity index (χ1n) is 10.1. The minimum Gasteiger partial charge on any atom is -0.489 e. The maximum Gasteiger partial charge on any atom is 0.191 e. The Morgan fingerprint density at radius 2 is 2.10 bits per heavy atom. The summed E-state index contributed by atoms with van der Waals surface area (Å²) in [5, 5.41) is 7.57. The van der Waals surface area contributed by atoms with Crippen molar-refractivity contribution in [3.8, 4) is 5.75 Å². The fourth-order valence-electron chi connectivity index (χ4n) is 3.40. The fourth-order valence-corrected chi connectivity index (χ4v) is 3.58. The summed E-state index contributed by atoms with van der Waals surface area (Å²) in [6.45, 7) is 5.71. The molecule has 3 rings (SSSR count). The topological polar surface area (TPSA) is 61.8 Å². The van der Waals surface area contributed by atoms with Gasteiger partial charge in [-0.2, -0.15) is 0 Å². The number of aromatic nitrogens is 1. The maximum absolute atomic E-state index is 6.01. The van der Waals surface area contributed by atoms with Gasteiger partial charge in [0.15, 0.2) is 5.96 Å². The number of nitrogens with zero attached hydrogens (tertiary/aromatic N) is 3. The number of pyridine rings is 1. The number of aliphatic imine (C=N–C) groups is 1. The van der Waals surface area contributed by atoms with Crippen LogP contribution in [-0.4, -0.2) is 54.7 Å². The van der Waals surface area contributed by atoms with Gasteiger partial charge in [0.05, 0.1) is 12.2 Å². The molecule has 1 aromatic carbocycles. The van der Waals surface area contributed by atoms with E-state index in [0.29, 0.717) is 17.6 Å². The Kier molecular flexibility index (Phi) is 8.14. The van der Waals surface area contributed by atoms with Gasteiger partial charge in [0.1, 0.15) is 11.9 Å². The maximum atomic E-state index is 6.01. The third kappa shape index (κ3) is 7.22. The van der Waals surface area contributed by atoms with Crippen molar-refractivity contribution >= 4 is 17.6 Å². The van der Waals surface area contributed by atoms with Crippen LogP contribution in [0.1, 0.15) is 25.5 Å². The van der Waals surface area contributed by atoms with Crippen LogP contribution >= 0.6 is 11.6 Å². The van der Waals surface area contributed by atoms with Crippen LogP contribution in [0.3, 0.4) is 0 Å². The molecule has 0 spiro atoms. The van der Waals surface area contributed by atoms with E-state index in [1.807, 2.05) is 49.5 Å². The average Bonchev–Trinajstić information content (AvgIpc) is 2.73. The third-order valence-electron chi connectivity index (χ3n) is 4.95. The average molecular weight is 416 g/mol. The van der Waals surface area contributed by atoms with Crippen molar-refractivity contribution in [3.63, 3.8) is 0 Å². The molecule has 1 fully saturated rings. The fraction of sp³-hybridized carbons (Fsp3) is 0.455. The molecule has 1 aliphatic heterocycles. The van der Waals surface area contributed by atoms with Crippen molar-refractivity contribution in [2.45, 2.75) is 38.5 Å². The van der Waals surface area contributed by atoms with E-state index in [-0.39, 0.29) is 6.10 Å². The molecule has 0 saturated carbocycles. The molecule has 2 heterocycles. The van der Waals surface area contributed by atoms with E-state index in [9.17, 15) is 0 Å². The highest BCUT2D eigenvalue weighted by Crippen LogP contribution is 2.18. The number of halogens is 1. The first kappa shape index (κ1) is 21.4. The molecule has 29 heavy (non-hydrogen) atoms. The van der Waals surface area contributed by atoms with E-state index in [4.69, 9.17) is 16.3 Å². The molecule has 0 amide bonds. The molecular weight excluding hydrogens is 386 g/mol. The van der Waals surface area contributed by atoms with Crippen LogP contribution in [0.4, 0.5) is 0 Å². The molecule has 156 valence electrons. The van der Waals surface area contributed by atoms with Crippen molar-refractivity contribution in [3.05, 3.63) is 59.4 Å². The smallest absolute Gasteiger partial charge is 0.191 e. The van der Waals surface area contributed by atoms with Crippen molar-refractivity contribution in [2.24, 2.45) is 4.99 Å². The number of ether oxygens (including phenoxy) is 1. The van der Waals surface area contributed by atoms with Crippen LogP contribution in [0, 0.1) is 0 Å². The molecular formula is C22H30ClN5O. The van der Waals surface area contributed by atoms with Gasteiger partial charge in [-0.05, 0) is 50.1 Å². The monoisotopic (exact) mass is 415 g/mol. The SMILES string of the molecule is CN=C(NCC(C)Oc1cccc(Cl)c1)NC1CCN(Cc2ccccn2)CC1. The van der Waals surface area contributed by atoms with Gasteiger partial charge in [-0.1, -0.05) is 23.7 Å². The summed E-state index contributed by atoms with van der Waals surface area (Å²) >= 11 is 6.01. The van der Waals surface area contributed by atoms with Gasteiger partial charge in [-0.25, -0.2) is 0 Å². The van der Waals surface area contributed by atoms with Gasteiger partial charge >= 0.3 is 0 Å². The Hall–Kier alpha value is -2.31. The van der Waals surface area contributed by atoms with Crippen LogP contribution in [0.25, 0.3) is 0 Å². The molecule has 2 N–H and O–H groups in total. The van der Waals surface area contributed by atoms with Crippen LogP contribution < -0.4 is 15.4 Å². The molecule has 2 aromatic rings. The van der Waals surface area contributed by atoms with Gasteiger partial charge in [0.2, 0.25) is 0 Å². The first-order chi connectivity index (χ1) is 14.1. The zero-order chi connectivity index (χ0) is 20.5. The highest BCUT2D eigenvalue weighted by Gasteiger charge is 2.20. The molecule has 1 aliphatic rings. The number of nitrogens with one attached hydrogen (secondary N) is 2. The third-order valence-corrected chi connectivity index (χ3v) is 5.19. The van der Waals surface area contributed by atoms with E-state index in [0.717, 1.165) is 49.9 Å².